The molecule has 0 fully saturated rings. The summed E-state index contributed by atoms with van der Waals surface area (Å²) >= 11 is 0. The van der Waals surface area contributed by atoms with Crippen molar-refractivity contribution in [1.82, 2.24) is 0 Å². The Balaban J connectivity index is 1.47. The van der Waals surface area contributed by atoms with Crippen LogP contribution in [0.15, 0.2) is 97.1 Å². The van der Waals surface area contributed by atoms with E-state index in [1.54, 1.807) is 0 Å². The van der Waals surface area contributed by atoms with Gasteiger partial charge in [0.15, 0.2) is 0 Å². The molecule has 0 aliphatic carbocycles. The first kappa shape index (κ1) is 21.1. The van der Waals surface area contributed by atoms with Crippen LogP contribution in [0, 0.1) is 0 Å². The van der Waals surface area contributed by atoms with E-state index in [-0.39, 0.29) is 0 Å². The molecule has 0 saturated carbocycles. The number of nitrogen functional groups attached to an aromatic ring is 2. The van der Waals surface area contributed by atoms with Crippen molar-refractivity contribution in [1.29, 1.82) is 0 Å². The van der Waals surface area contributed by atoms with Gasteiger partial charge in [-0.1, -0.05) is 0 Å². The molecule has 0 bridgehead atoms. The van der Waals surface area contributed by atoms with E-state index in [1.807, 2.05) is 48.5 Å². The summed E-state index contributed by atoms with van der Waals surface area (Å²) in [5.41, 5.74) is 19.8. The third-order valence-electron chi connectivity index (χ3n) is 5.81. The lowest BCUT2D eigenvalue weighted by molar-refractivity contribution is 1.17. The molecule has 4 aromatic rings. The molecule has 0 atom stereocenters. The molecule has 0 spiro atoms. The molecule has 0 aliphatic rings. The maximum atomic E-state index is 5.80. The van der Waals surface area contributed by atoms with Gasteiger partial charge in [-0.25, -0.2) is 0 Å². The molecule has 4 rings (SSSR count). The first-order valence-electron chi connectivity index (χ1n) is 10.5. The Kier molecular flexibility index (Phi) is 5.90. The van der Waals surface area contributed by atoms with Crippen LogP contribution in [0.2, 0.25) is 0 Å². The lowest BCUT2D eigenvalue weighted by atomic mass is 10.2. The van der Waals surface area contributed by atoms with Gasteiger partial charge in [0.2, 0.25) is 0 Å². The Morgan fingerprint density at radius 3 is 0.688 bits per heavy atom. The smallest absolute Gasteiger partial charge is 0.0409 e. The van der Waals surface area contributed by atoms with Gasteiger partial charge in [0.05, 0.1) is 0 Å². The lowest BCUT2D eigenvalue weighted by Crippen LogP contribution is -2.12. The van der Waals surface area contributed by atoms with Gasteiger partial charge in [0.1, 0.15) is 0 Å². The standard InChI is InChI=1S/C27H29N5/c1-30(22-8-4-20(28)5-9-22)24-12-16-26(17-13-24)32(3)27-18-14-25(15-19-27)31(2)23-10-6-21(29)7-11-23/h4-19H,28-29H2,1-3H3. The van der Waals surface area contributed by atoms with Crippen molar-refractivity contribution in [3.05, 3.63) is 97.1 Å². The zero-order chi connectivity index (χ0) is 22.7. The largest absolute Gasteiger partial charge is 0.399 e. The molecule has 0 aliphatic heterocycles. The highest BCUT2D eigenvalue weighted by Crippen LogP contribution is 2.31. The summed E-state index contributed by atoms with van der Waals surface area (Å²) in [6.07, 6.45) is 0. The fourth-order valence-corrected chi connectivity index (χ4v) is 3.64. The summed E-state index contributed by atoms with van der Waals surface area (Å²) in [7, 11) is 6.19. The minimum Gasteiger partial charge on any atom is -0.399 e. The van der Waals surface area contributed by atoms with Crippen molar-refractivity contribution in [2.45, 2.75) is 0 Å². The van der Waals surface area contributed by atoms with E-state index in [1.165, 1.54) is 0 Å². The molecule has 162 valence electrons. The van der Waals surface area contributed by atoms with Crippen LogP contribution >= 0.6 is 0 Å². The fourth-order valence-electron chi connectivity index (χ4n) is 3.64. The van der Waals surface area contributed by atoms with E-state index in [0.29, 0.717) is 0 Å². The Morgan fingerprint density at radius 1 is 0.344 bits per heavy atom. The van der Waals surface area contributed by atoms with E-state index in [9.17, 15) is 0 Å². The van der Waals surface area contributed by atoms with Crippen molar-refractivity contribution >= 4 is 45.5 Å². The Labute approximate surface area is 190 Å². The zero-order valence-corrected chi connectivity index (χ0v) is 18.7. The number of hydrogen-bond acceptors (Lipinski definition) is 5. The summed E-state index contributed by atoms with van der Waals surface area (Å²) in [6, 6.07) is 32.8. The number of rotatable bonds is 6. The summed E-state index contributed by atoms with van der Waals surface area (Å²) < 4.78 is 0. The first-order valence-corrected chi connectivity index (χ1v) is 10.5. The molecule has 0 unspecified atom stereocenters. The third kappa shape index (κ3) is 4.47. The molecule has 0 aromatic heterocycles. The van der Waals surface area contributed by atoms with Crippen LogP contribution in [0.5, 0.6) is 0 Å². The maximum Gasteiger partial charge on any atom is 0.0409 e. The topological polar surface area (TPSA) is 61.8 Å². The summed E-state index contributed by atoms with van der Waals surface area (Å²) in [5, 5.41) is 0. The SMILES string of the molecule is CN(c1ccc(N)cc1)c1ccc(N(C)c2ccc(N(C)c3ccc(N)cc3)cc2)cc1. The van der Waals surface area contributed by atoms with E-state index >= 15 is 0 Å². The molecule has 0 amide bonds. The van der Waals surface area contributed by atoms with Gasteiger partial charge in [-0.2, -0.15) is 0 Å². The van der Waals surface area contributed by atoms with Gasteiger partial charge in [-0.15, -0.1) is 0 Å². The van der Waals surface area contributed by atoms with Crippen molar-refractivity contribution in [3.8, 4) is 0 Å². The van der Waals surface area contributed by atoms with Gasteiger partial charge in [-0.05, 0) is 97.1 Å². The minimum atomic E-state index is 0.768. The molecular weight excluding hydrogens is 394 g/mol. The first-order chi connectivity index (χ1) is 15.4. The van der Waals surface area contributed by atoms with Crippen LogP contribution in [0.4, 0.5) is 45.5 Å². The Hall–Kier alpha value is -4.12. The second kappa shape index (κ2) is 8.94. The molecule has 0 heterocycles. The molecule has 0 radical (unpaired) electrons. The van der Waals surface area contributed by atoms with E-state index in [2.05, 4.69) is 84.4 Å². The molecule has 5 nitrogen and oxygen atoms in total. The minimum absolute atomic E-state index is 0.768. The molecule has 0 saturated heterocycles. The van der Waals surface area contributed by atoms with Crippen LogP contribution in [-0.2, 0) is 0 Å². The van der Waals surface area contributed by atoms with Crippen LogP contribution in [0.3, 0.4) is 0 Å². The monoisotopic (exact) mass is 423 g/mol. The van der Waals surface area contributed by atoms with Gasteiger partial charge in [0, 0.05) is 66.6 Å². The van der Waals surface area contributed by atoms with Crippen LogP contribution < -0.4 is 26.2 Å². The molecule has 4 N–H and O–H groups in total. The van der Waals surface area contributed by atoms with E-state index in [0.717, 1.165) is 45.5 Å². The second-order valence-corrected chi connectivity index (χ2v) is 7.89. The van der Waals surface area contributed by atoms with Gasteiger partial charge < -0.3 is 26.2 Å². The van der Waals surface area contributed by atoms with Crippen LogP contribution in [0.1, 0.15) is 0 Å². The maximum absolute atomic E-state index is 5.80. The highest BCUT2D eigenvalue weighted by molar-refractivity contribution is 5.71. The molecule has 5 heteroatoms. The fraction of sp³-hybridized carbons (Fsp3) is 0.111. The Morgan fingerprint density at radius 2 is 0.500 bits per heavy atom. The van der Waals surface area contributed by atoms with E-state index < -0.39 is 0 Å². The predicted molar refractivity (Wildman–Crippen MR) is 139 cm³/mol. The van der Waals surface area contributed by atoms with E-state index in [4.69, 9.17) is 11.5 Å². The summed E-state index contributed by atoms with van der Waals surface area (Å²) in [6.45, 7) is 0. The quantitative estimate of drug-likeness (QED) is 0.364. The second-order valence-electron chi connectivity index (χ2n) is 7.89. The highest BCUT2D eigenvalue weighted by atomic mass is 15.1. The highest BCUT2D eigenvalue weighted by Gasteiger charge is 2.09. The normalized spacial score (nSPS) is 10.6. The average Bonchev–Trinajstić information content (AvgIpc) is 2.84. The van der Waals surface area contributed by atoms with Crippen molar-refractivity contribution in [3.63, 3.8) is 0 Å². The molecule has 32 heavy (non-hydrogen) atoms. The van der Waals surface area contributed by atoms with Gasteiger partial charge in [-0.3, -0.25) is 0 Å². The third-order valence-corrected chi connectivity index (χ3v) is 5.81. The lowest BCUT2D eigenvalue weighted by Gasteiger charge is -2.24. The van der Waals surface area contributed by atoms with Crippen LogP contribution in [0.25, 0.3) is 0 Å². The molecule has 4 aromatic carbocycles. The predicted octanol–water partition coefficient (Wildman–Crippen LogP) is 6.15. The van der Waals surface area contributed by atoms with Crippen molar-refractivity contribution < 1.29 is 0 Å². The number of hydrogen-bond donors (Lipinski definition) is 2. The molecular formula is C27H29N5. The Bertz CT molecular complexity index is 1060. The van der Waals surface area contributed by atoms with Crippen molar-refractivity contribution in [2.75, 3.05) is 47.3 Å². The van der Waals surface area contributed by atoms with Crippen molar-refractivity contribution in [2.24, 2.45) is 0 Å². The number of anilines is 8. The summed E-state index contributed by atoms with van der Waals surface area (Å²) in [4.78, 5) is 6.47. The number of nitrogens with zero attached hydrogens (tertiary/aromatic N) is 3. The average molecular weight is 424 g/mol. The number of nitrogens with two attached hydrogens (primary N) is 2. The summed E-state index contributed by atoms with van der Waals surface area (Å²) in [5.74, 6) is 0. The number of benzene rings is 4. The van der Waals surface area contributed by atoms with Crippen LogP contribution in [-0.4, -0.2) is 21.1 Å². The zero-order valence-electron chi connectivity index (χ0n) is 18.7. The van der Waals surface area contributed by atoms with Gasteiger partial charge >= 0.3 is 0 Å². The van der Waals surface area contributed by atoms with Gasteiger partial charge in [0.25, 0.3) is 0 Å².